The summed E-state index contributed by atoms with van der Waals surface area (Å²) in [6.45, 7) is 5.99. The lowest BCUT2D eigenvalue weighted by atomic mass is 10.1. The van der Waals surface area contributed by atoms with Crippen molar-refractivity contribution in [2.45, 2.75) is 12.5 Å². The molecule has 2 aliphatic rings. The van der Waals surface area contributed by atoms with E-state index in [1.54, 1.807) is 11.3 Å². The first kappa shape index (κ1) is 15.7. The van der Waals surface area contributed by atoms with E-state index in [0.29, 0.717) is 6.04 Å². The number of thiazole rings is 1. The van der Waals surface area contributed by atoms with Gasteiger partial charge < -0.3 is 10.2 Å². The van der Waals surface area contributed by atoms with Crippen LogP contribution in [0.3, 0.4) is 0 Å². The molecule has 2 aliphatic heterocycles. The smallest absolute Gasteiger partial charge is 0.253 e. The molecule has 0 spiro atoms. The van der Waals surface area contributed by atoms with Crippen molar-refractivity contribution in [2.24, 2.45) is 0 Å². The number of benzene rings is 1. The van der Waals surface area contributed by atoms with Crippen molar-refractivity contribution in [1.82, 2.24) is 20.1 Å². The average molecular weight is 342 g/mol. The number of hydrogen-bond donors (Lipinski definition) is 1. The first-order chi connectivity index (χ1) is 11.8. The molecule has 0 saturated carbocycles. The third kappa shape index (κ3) is 3.22. The number of carbonyl (C=O) groups excluding carboxylic acids is 1. The molecule has 6 heteroatoms. The number of nitrogens with zero attached hydrogens (tertiary/aromatic N) is 3. The average Bonchev–Trinajstić information content (AvgIpc) is 3.34. The fraction of sp³-hybridized carbons (Fsp3) is 0.444. The van der Waals surface area contributed by atoms with Crippen molar-refractivity contribution in [3.63, 3.8) is 0 Å². The lowest BCUT2D eigenvalue weighted by Crippen LogP contribution is -2.49. The topological polar surface area (TPSA) is 48.5 Å². The van der Waals surface area contributed by atoms with Gasteiger partial charge >= 0.3 is 0 Å². The van der Waals surface area contributed by atoms with Crippen molar-refractivity contribution in [3.05, 3.63) is 40.7 Å². The molecule has 4 rings (SSSR count). The van der Waals surface area contributed by atoms with Crippen LogP contribution in [0.2, 0.25) is 0 Å². The van der Waals surface area contributed by atoms with Crippen LogP contribution in [0.5, 0.6) is 0 Å². The van der Waals surface area contributed by atoms with Gasteiger partial charge in [0.1, 0.15) is 0 Å². The number of carbonyl (C=O) groups is 1. The number of amides is 1. The molecule has 24 heavy (non-hydrogen) atoms. The summed E-state index contributed by atoms with van der Waals surface area (Å²) < 4.78 is 0. The molecule has 1 amide bonds. The Kier molecular flexibility index (Phi) is 4.60. The number of rotatable bonds is 3. The van der Waals surface area contributed by atoms with E-state index in [0.717, 1.165) is 62.5 Å². The highest BCUT2D eigenvalue weighted by Crippen LogP contribution is 2.23. The largest absolute Gasteiger partial charge is 0.337 e. The van der Waals surface area contributed by atoms with E-state index in [2.05, 4.69) is 15.2 Å². The van der Waals surface area contributed by atoms with Gasteiger partial charge in [-0.3, -0.25) is 9.69 Å². The summed E-state index contributed by atoms with van der Waals surface area (Å²) in [4.78, 5) is 21.7. The first-order valence-corrected chi connectivity index (χ1v) is 9.48. The standard InChI is InChI=1S/C18H22N4OS/c23-18(15-3-1-2-14(10-15)17-12-24-13-20-17)22-7-4-16(11-22)21-8-5-19-6-9-21/h1-3,10,12-13,16,19H,4-9,11H2. The maximum absolute atomic E-state index is 12.9. The number of nitrogens with one attached hydrogen (secondary N) is 1. The van der Waals surface area contributed by atoms with Crippen molar-refractivity contribution in [2.75, 3.05) is 39.3 Å². The van der Waals surface area contributed by atoms with E-state index in [4.69, 9.17) is 0 Å². The lowest BCUT2D eigenvalue weighted by molar-refractivity contribution is 0.0773. The van der Waals surface area contributed by atoms with E-state index in [9.17, 15) is 4.79 Å². The van der Waals surface area contributed by atoms with Crippen LogP contribution < -0.4 is 5.32 Å². The summed E-state index contributed by atoms with van der Waals surface area (Å²) in [5.41, 5.74) is 4.54. The van der Waals surface area contributed by atoms with Crippen LogP contribution in [0.1, 0.15) is 16.8 Å². The van der Waals surface area contributed by atoms with Crippen molar-refractivity contribution >= 4 is 17.2 Å². The normalized spacial score (nSPS) is 22.0. The zero-order valence-electron chi connectivity index (χ0n) is 13.6. The number of aromatic nitrogens is 1. The minimum atomic E-state index is 0.143. The van der Waals surface area contributed by atoms with E-state index in [-0.39, 0.29) is 5.91 Å². The molecular weight excluding hydrogens is 320 g/mol. The minimum absolute atomic E-state index is 0.143. The Morgan fingerprint density at radius 1 is 1.25 bits per heavy atom. The Hall–Kier alpha value is -1.76. The lowest BCUT2D eigenvalue weighted by Gasteiger charge is -2.32. The number of hydrogen-bond acceptors (Lipinski definition) is 5. The Bertz CT molecular complexity index is 697. The van der Waals surface area contributed by atoms with Crippen LogP contribution in [-0.4, -0.2) is 66.0 Å². The minimum Gasteiger partial charge on any atom is -0.337 e. The predicted octanol–water partition coefficient (Wildman–Crippen LogP) is 1.93. The summed E-state index contributed by atoms with van der Waals surface area (Å²) in [5.74, 6) is 0.143. The van der Waals surface area contributed by atoms with Gasteiger partial charge in [-0.25, -0.2) is 4.98 Å². The van der Waals surface area contributed by atoms with Gasteiger partial charge in [0.05, 0.1) is 11.2 Å². The Morgan fingerprint density at radius 2 is 2.12 bits per heavy atom. The third-order valence-corrected chi connectivity index (χ3v) is 5.54. The molecule has 0 bridgehead atoms. The summed E-state index contributed by atoms with van der Waals surface area (Å²) in [6.07, 6.45) is 1.08. The quantitative estimate of drug-likeness (QED) is 0.926. The van der Waals surface area contributed by atoms with Gasteiger partial charge in [0, 0.05) is 61.8 Å². The number of likely N-dealkylation sites (tertiary alicyclic amines) is 1. The molecule has 1 atom stereocenters. The molecule has 0 aliphatic carbocycles. The molecule has 2 aromatic rings. The maximum Gasteiger partial charge on any atom is 0.253 e. The molecule has 1 aromatic heterocycles. The number of piperazine rings is 1. The molecule has 1 unspecified atom stereocenters. The molecule has 0 radical (unpaired) electrons. The summed E-state index contributed by atoms with van der Waals surface area (Å²) in [5, 5.41) is 5.40. The highest BCUT2D eigenvalue weighted by atomic mass is 32.1. The van der Waals surface area contributed by atoms with E-state index >= 15 is 0 Å². The van der Waals surface area contributed by atoms with Crippen LogP contribution in [0.4, 0.5) is 0 Å². The van der Waals surface area contributed by atoms with Gasteiger partial charge in [0.2, 0.25) is 0 Å². The fourth-order valence-electron chi connectivity index (χ4n) is 3.62. The zero-order valence-corrected chi connectivity index (χ0v) is 14.5. The molecule has 2 fully saturated rings. The second-order valence-corrected chi connectivity index (χ2v) is 7.15. The van der Waals surface area contributed by atoms with Gasteiger partial charge in [0.25, 0.3) is 5.91 Å². The van der Waals surface area contributed by atoms with Crippen molar-refractivity contribution in [3.8, 4) is 11.3 Å². The highest BCUT2D eigenvalue weighted by molar-refractivity contribution is 7.07. The van der Waals surface area contributed by atoms with E-state index < -0.39 is 0 Å². The molecule has 1 aromatic carbocycles. The second kappa shape index (κ2) is 7.01. The van der Waals surface area contributed by atoms with Crippen LogP contribution >= 0.6 is 11.3 Å². The van der Waals surface area contributed by atoms with Crippen LogP contribution in [0, 0.1) is 0 Å². The Morgan fingerprint density at radius 3 is 2.92 bits per heavy atom. The van der Waals surface area contributed by atoms with E-state index in [1.165, 1.54) is 0 Å². The third-order valence-electron chi connectivity index (χ3n) is 4.96. The van der Waals surface area contributed by atoms with Crippen molar-refractivity contribution < 1.29 is 4.79 Å². The van der Waals surface area contributed by atoms with Gasteiger partial charge in [-0.15, -0.1) is 11.3 Å². The van der Waals surface area contributed by atoms with Crippen LogP contribution in [0.15, 0.2) is 35.2 Å². The summed E-state index contributed by atoms with van der Waals surface area (Å²) in [7, 11) is 0. The SMILES string of the molecule is O=C(c1cccc(-c2cscn2)c1)N1CCC(N2CCNCC2)C1. The molecule has 5 nitrogen and oxygen atoms in total. The summed E-state index contributed by atoms with van der Waals surface area (Å²) in [6, 6.07) is 8.36. The zero-order chi connectivity index (χ0) is 16.4. The predicted molar refractivity (Wildman–Crippen MR) is 96.3 cm³/mol. The fourth-order valence-corrected chi connectivity index (χ4v) is 4.18. The maximum atomic E-state index is 12.9. The van der Waals surface area contributed by atoms with Gasteiger partial charge in [-0.05, 0) is 18.6 Å². The van der Waals surface area contributed by atoms with Gasteiger partial charge in [0.15, 0.2) is 0 Å². The van der Waals surface area contributed by atoms with Gasteiger partial charge in [-0.1, -0.05) is 12.1 Å². The van der Waals surface area contributed by atoms with Crippen LogP contribution in [-0.2, 0) is 0 Å². The summed E-state index contributed by atoms with van der Waals surface area (Å²) >= 11 is 1.57. The second-order valence-electron chi connectivity index (χ2n) is 6.43. The van der Waals surface area contributed by atoms with Gasteiger partial charge in [-0.2, -0.15) is 0 Å². The molecular formula is C18H22N4OS. The molecule has 3 heterocycles. The molecule has 2 saturated heterocycles. The highest BCUT2D eigenvalue weighted by Gasteiger charge is 2.31. The first-order valence-electron chi connectivity index (χ1n) is 8.54. The monoisotopic (exact) mass is 342 g/mol. The van der Waals surface area contributed by atoms with Crippen LogP contribution in [0.25, 0.3) is 11.3 Å². The van der Waals surface area contributed by atoms with Crippen molar-refractivity contribution in [1.29, 1.82) is 0 Å². The Labute approximate surface area is 146 Å². The molecule has 1 N–H and O–H groups in total. The molecule has 126 valence electrons. The van der Waals surface area contributed by atoms with E-state index in [1.807, 2.05) is 40.1 Å². The Balaban J connectivity index is 1.45.